The first-order valence-electron chi connectivity index (χ1n) is 8.62. The van der Waals surface area contributed by atoms with Gasteiger partial charge in [0.1, 0.15) is 5.82 Å². The van der Waals surface area contributed by atoms with Gasteiger partial charge in [0.25, 0.3) is 0 Å². The topological polar surface area (TPSA) is 45.0 Å². The van der Waals surface area contributed by atoms with E-state index in [0.717, 1.165) is 71.3 Å². The highest BCUT2D eigenvalue weighted by atomic mass is 16.5. The van der Waals surface area contributed by atoms with Crippen molar-refractivity contribution in [1.82, 2.24) is 19.6 Å². The molecule has 4 heterocycles. The molecule has 0 spiro atoms. The number of rotatable bonds is 4. The molecule has 0 aliphatic carbocycles. The Labute approximate surface area is 137 Å². The zero-order chi connectivity index (χ0) is 15.5. The number of aromatic nitrogens is 2. The van der Waals surface area contributed by atoms with E-state index in [1.54, 1.807) is 0 Å². The molecule has 2 aromatic heterocycles. The number of pyridine rings is 1. The maximum Gasteiger partial charge on any atom is 0.114 e. The minimum atomic E-state index is 0.858. The van der Waals surface area contributed by atoms with Crippen LogP contribution in [0.1, 0.15) is 5.82 Å². The third kappa shape index (κ3) is 3.34. The first kappa shape index (κ1) is 14.9. The summed E-state index contributed by atoms with van der Waals surface area (Å²) in [6.45, 7) is 9.13. The second kappa shape index (κ2) is 6.86. The lowest BCUT2D eigenvalue weighted by Crippen LogP contribution is -2.43. The fraction of sp³-hybridized carbons (Fsp3) is 0.588. The van der Waals surface area contributed by atoms with Crippen LogP contribution in [0.5, 0.6) is 0 Å². The summed E-state index contributed by atoms with van der Waals surface area (Å²) in [6.07, 6.45) is 5.16. The molecule has 23 heavy (non-hydrogen) atoms. The van der Waals surface area contributed by atoms with E-state index >= 15 is 0 Å². The average molecular weight is 315 g/mol. The van der Waals surface area contributed by atoms with Crippen LogP contribution in [0.25, 0.3) is 5.52 Å². The second-order valence-corrected chi connectivity index (χ2v) is 6.30. The van der Waals surface area contributed by atoms with E-state index in [-0.39, 0.29) is 0 Å². The van der Waals surface area contributed by atoms with Crippen LogP contribution in [-0.4, -0.2) is 73.3 Å². The predicted molar refractivity (Wildman–Crippen MR) is 91.2 cm³/mol. The number of imidazole rings is 1. The molecule has 0 atom stereocenters. The number of piperazine rings is 1. The van der Waals surface area contributed by atoms with Crippen LogP contribution in [0.15, 0.2) is 24.5 Å². The zero-order valence-electron chi connectivity index (χ0n) is 13.6. The minimum absolute atomic E-state index is 0.858. The highest BCUT2D eigenvalue weighted by Crippen LogP contribution is 2.19. The van der Waals surface area contributed by atoms with Crippen molar-refractivity contribution in [3.8, 4) is 0 Å². The summed E-state index contributed by atoms with van der Waals surface area (Å²) in [6, 6.07) is 4.48. The molecule has 2 saturated heterocycles. The molecular formula is C17H25N5O. The SMILES string of the molecule is c1cn2c(CCN3CCOCC3)ncc2cc1N1CCNCC1. The van der Waals surface area contributed by atoms with Crippen molar-refractivity contribution < 1.29 is 4.74 Å². The molecule has 2 aliphatic heterocycles. The summed E-state index contributed by atoms with van der Waals surface area (Å²) in [5, 5.41) is 3.40. The van der Waals surface area contributed by atoms with Crippen LogP contribution in [0.2, 0.25) is 0 Å². The maximum absolute atomic E-state index is 5.41. The Morgan fingerprint density at radius 3 is 2.78 bits per heavy atom. The van der Waals surface area contributed by atoms with Crippen LogP contribution >= 0.6 is 0 Å². The number of morpholine rings is 1. The first-order chi connectivity index (χ1) is 11.4. The van der Waals surface area contributed by atoms with Gasteiger partial charge in [0, 0.05) is 64.1 Å². The Bertz CT molecular complexity index is 643. The first-order valence-corrected chi connectivity index (χ1v) is 8.62. The van der Waals surface area contributed by atoms with Crippen LogP contribution in [-0.2, 0) is 11.2 Å². The van der Waals surface area contributed by atoms with Gasteiger partial charge >= 0.3 is 0 Å². The highest BCUT2D eigenvalue weighted by molar-refractivity contribution is 5.59. The Hall–Kier alpha value is -1.63. The van der Waals surface area contributed by atoms with E-state index in [2.05, 4.69) is 42.8 Å². The molecule has 1 N–H and O–H groups in total. The van der Waals surface area contributed by atoms with E-state index < -0.39 is 0 Å². The number of hydrogen-bond acceptors (Lipinski definition) is 5. The molecule has 0 bridgehead atoms. The largest absolute Gasteiger partial charge is 0.379 e. The van der Waals surface area contributed by atoms with Crippen molar-refractivity contribution in [3.63, 3.8) is 0 Å². The fourth-order valence-electron chi connectivity index (χ4n) is 3.43. The molecule has 0 saturated carbocycles. The minimum Gasteiger partial charge on any atom is -0.379 e. The predicted octanol–water partition coefficient (Wildman–Crippen LogP) is 0.619. The van der Waals surface area contributed by atoms with Crippen molar-refractivity contribution in [2.24, 2.45) is 0 Å². The number of ether oxygens (including phenoxy) is 1. The van der Waals surface area contributed by atoms with Gasteiger partial charge in [-0.15, -0.1) is 0 Å². The van der Waals surface area contributed by atoms with Gasteiger partial charge in [-0.05, 0) is 12.1 Å². The molecule has 6 heteroatoms. The van der Waals surface area contributed by atoms with Gasteiger partial charge in [-0.25, -0.2) is 4.98 Å². The van der Waals surface area contributed by atoms with E-state index in [9.17, 15) is 0 Å². The van der Waals surface area contributed by atoms with Crippen molar-refractivity contribution in [2.75, 3.05) is 63.9 Å². The Kier molecular flexibility index (Phi) is 4.46. The van der Waals surface area contributed by atoms with Crippen molar-refractivity contribution in [3.05, 3.63) is 30.4 Å². The van der Waals surface area contributed by atoms with E-state index in [1.165, 1.54) is 11.2 Å². The average Bonchev–Trinajstić information content (AvgIpc) is 3.04. The van der Waals surface area contributed by atoms with Gasteiger partial charge < -0.3 is 19.4 Å². The third-order valence-corrected chi connectivity index (χ3v) is 4.83. The molecule has 2 aliphatic rings. The fourth-order valence-corrected chi connectivity index (χ4v) is 3.43. The zero-order valence-corrected chi connectivity index (χ0v) is 13.6. The Morgan fingerprint density at radius 1 is 1.13 bits per heavy atom. The standard InChI is InChI=1S/C17H25N5O/c1-6-22-16(13-15(1)21-7-3-18-4-8-21)14-19-17(22)2-5-20-9-11-23-12-10-20/h1,6,13-14,18H,2-5,7-12H2. The summed E-state index contributed by atoms with van der Waals surface area (Å²) in [5.74, 6) is 1.15. The number of hydrogen-bond donors (Lipinski definition) is 1. The molecule has 0 unspecified atom stereocenters. The van der Waals surface area contributed by atoms with Gasteiger partial charge in [-0.3, -0.25) is 4.90 Å². The van der Waals surface area contributed by atoms with Gasteiger partial charge in [-0.1, -0.05) is 0 Å². The maximum atomic E-state index is 5.41. The monoisotopic (exact) mass is 315 g/mol. The number of fused-ring (bicyclic) bond motifs is 1. The molecule has 4 rings (SSSR count). The molecule has 0 amide bonds. The van der Waals surface area contributed by atoms with Crippen molar-refractivity contribution in [1.29, 1.82) is 0 Å². The van der Waals surface area contributed by atoms with Gasteiger partial charge in [-0.2, -0.15) is 0 Å². The molecule has 2 aromatic rings. The van der Waals surface area contributed by atoms with Crippen molar-refractivity contribution >= 4 is 11.2 Å². The smallest absolute Gasteiger partial charge is 0.114 e. The summed E-state index contributed by atoms with van der Waals surface area (Å²) < 4.78 is 7.63. The molecule has 6 nitrogen and oxygen atoms in total. The van der Waals surface area contributed by atoms with Crippen LogP contribution < -0.4 is 10.2 Å². The van der Waals surface area contributed by atoms with E-state index in [4.69, 9.17) is 4.74 Å². The lowest BCUT2D eigenvalue weighted by molar-refractivity contribution is 0.0382. The van der Waals surface area contributed by atoms with Crippen LogP contribution in [0, 0.1) is 0 Å². The van der Waals surface area contributed by atoms with Crippen molar-refractivity contribution in [2.45, 2.75) is 6.42 Å². The Morgan fingerprint density at radius 2 is 1.96 bits per heavy atom. The number of nitrogens with zero attached hydrogens (tertiary/aromatic N) is 4. The quantitative estimate of drug-likeness (QED) is 0.896. The molecule has 2 fully saturated rings. The summed E-state index contributed by atoms with van der Waals surface area (Å²) >= 11 is 0. The van der Waals surface area contributed by atoms with Crippen LogP contribution in [0.4, 0.5) is 5.69 Å². The summed E-state index contributed by atoms with van der Waals surface area (Å²) in [4.78, 5) is 9.54. The van der Waals surface area contributed by atoms with E-state index in [0.29, 0.717) is 0 Å². The third-order valence-electron chi connectivity index (χ3n) is 4.83. The van der Waals surface area contributed by atoms with Crippen LogP contribution in [0.3, 0.4) is 0 Å². The lowest BCUT2D eigenvalue weighted by Gasteiger charge is -2.29. The van der Waals surface area contributed by atoms with Gasteiger partial charge in [0.15, 0.2) is 0 Å². The lowest BCUT2D eigenvalue weighted by atomic mass is 10.2. The number of nitrogens with one attached hydrogen (secondary N) is 1. The second-order valence-electron chi connectivity index (χ2n) is 6.30. The van der Waals surface area contributed by atoms with E-state index in [1.807, 2.05) is 6.20 Å². The number of anilines is 1. The summed E-state index contributed by atoms with van der Waals surface area (Å²) in [7, 11) is 0. The van der Waals surface area contributed by atoms with Gasteiger partial charge in [0.2, 0.25) is 0 Å². The molecule has 124 valence electrons. The Balaban J connectivity index is 1.46. The molecule has 0 aromatic carbocycles. The normalized spacial score (nSPS) is 20.3. The molecular weight excluding hydrogens is 290 g/mol. The molecule has 0 radical (unpaired) electrons. The van der Waals surface area contributed by atoms with Gasteiger partial charge in [0.05, 0.1) is 24.9 Å². The summed E-state index contributed by atoms with van der Waals surface area (Å²) in [5.41, 5.74) is 2.50. The highest BCUT2D eigenvalue weighted by Gasteiger charge is 2.14.